The molecule has 0 radical (unpaired) electrons. The maximum Gasteiger partial charge on any atom is 0.251 e. The van der Waals surface area contributed by atoms with Gasteiger partial charge in [-0.2, -0.15) is 0 Å². The Morgan fingerprint density at radius 2 is 1.90 bits per heavy atom. The lowest BCUT2D eigenvalue weighted by Crippen LogP contribution is -2.43. The van der Waals surface area contributed by atoms with Gasteiger partial charge in [-0.15, -0.1) is 0 Å². The molecule has 1 aromatic heterocycles. The van der Waals surface area contributed by atoms with Gasteiger partial charge in [-0.25, -0.2) is 8.78 Å². The van der Waals surface area contributed by atoms with Crippen LogP contribution < -0.4 is 0 Å². The average molecular weight is 292 g/mol. The summed E-state index contributed by atoms with van der Waals surface area (Å²) in [6.45, 7) is 0.299. The van der Waals surface area contributed by atoms with Gasteiger partial charge in [0.15, 0.2) is 0 Å². The topological polar surface area (TPSA) is 25.2 Å². The molecule has 0 aliphatic carbocycles. The second-order valence-corrected chi connectivity index (χ2v) is 5.70. The molecule has 0 unspecified atom stereocenters. The number of carbonyl (C=O) groups excluding carboxylic acids is 1. The van der Waals surface area contributed by atoms with Gasteiger partial charge >= 0.3 is 0 Å². The minimum absolute atomic E-state index is 0.0677. The Morgan fingerprint density at radius 3 is 2.62 bits per heavy atom. The molecular weight excluding hydrogens is 274 g/mol. The van der Waals surface area contributed by atoms with Gasteiger partial charge < -0.3 is 9.47 Å². The molecule has 1 saturated heterocycles. The average Bonchev–Trinajstić information content (AvgIpc) is 2.76. The number of carbonyl (C=O) groups is 1. The molecule has 2 heterocycles. The molecule has 0 spiro atoms. The second kappa shape index (κ2) is 5.13. The van der Waals surface area contributed by atoms with Gasteiger partial charge in [-0.1, -0.05) is 18.2 Å². The number of aromatic nitrogens is 1. The van der Waals surface area contributed by atoms with Crippen LogP contribution in [0.5, 0.6) is 0 Å². The van der Waals surface area contributed by atoms with E-state index in [0.717, 1.165) is 16.5 Å². The molecule has 0 saturated carbocycles. The first kappa shape index (κ1) is 14.0. The zero-order valence-electron chi connectivity index (χ0n) is 12.0. The predicted octanol–water partition coefficient (Wildman–Crippen LogP) is 2.98. The Morgan fingerprint density at radius 1 is 1.24 bits per heavy atom. The van der Waals surface area contributed by atoms with Crippen molar-refractivity contribution >= 4 is 16.8 Å². The number of rotatable bonds is 2. The smallest absolute Gasteiger partial charge is 0.251 e. The number of likely N-dealkylation sites (tertiary alicyclic amines) is 1. The maximum atomic E-state index is 13.1. The summed E-state index contributed by atoms with van der Waals surface area (Å²) < 4.78 is 28.3. The third-order valence-corrected chi connectivity index (χ3v) is 4.17. The van der Waals surface area contributed by atoms with Crippen molar-refractivity contribution in [2.24, 2.45) is 7.05 Å². The molecule has 1 fully saturated rings. The lowest BCUT2D eigenvalue weighted by molar-refractivity contribution is -0.136. The van der Waals surface area contributed by atoms with E-state index < -0.39 is 5.92 Å². The maximum absolute atomic E-state index is 13.1. The van der Waals surface area contributed by atoms with Crippen LogP contribution in [0.4, 0.5) is 8.78 Å². The summed E-state index contributed by atoms with van der Waals surface area (Å²) in [6, 6.07) is 7.89. The minimum atomic E-state index is -2.61. The summed E-state index contributed by atoms with van der Waals surface area (Å²) >= 11 is 0. The van der Waals surface area contributed by atoms with Gasteiger partial charge in [-0.05, 0) is 11.6 Å². The monoisotopic (exact) mass is 292 g/mol. The van der Waals surface area contributed by atoms with Crippen LogP contribution in [-0.2, 0) is 18.3 Å². The summed E-state index contributed by atoms with van der Waals surface area (Å²) in [5, 5.41) is 1.05. The Labute approximate surface area is 122 Å². The zero-order chi connectivity index (χ0) is 15.0. The number of fused-ring (bicyclic) bond motifs is 1. The van der Waals surface area contributed by atoms with E-state index >= 15 is 0 Å². The largest absolute Gasteiger partial charge is 0.350 e. The summed E-state index contributed by atoms with van der Waals surface area (Å²) in [4.78, 5) is 13.9. The molecule has 0 atom stereocenters. The quantitative estimate of drug-likeness (QED) is 0.835. The van der Waals surface area contributed by atoms with Crippen molar-refractivity contribution in [3.8, 4) is 0 Å². The van der Waals surface area contributed by atoms with E-state index in [4.69, 9.17) is 0 Å². The molecule has 0 bridgehead atoms. The van der Waals surface area contributed by atoms with Crippen molar-refractivity contribution in [3.05, 3.63) is 36.0 Å². The fourth-order valence-electron chi connectivity index (χ4n) is 2.92. The number of piperidine rings is 1. The number of hydrogen-bond donors (Lipinski definition) is 0. The van der Waals surface area contributed by atoms with E-state index in [2.05, 4.69) is 0 Å². The van der Waals surface area contributed by atoms with Crippen LogP contribution in [0.25, 0.3) is 10.9 Å². The number of alkyl halides is 2. The van der Waals surface area contributed by atoms with Crippen LogP contribution in [0, 0.1) is 0 Å². The van der Waals surface area contributed by atoms with Gasteiger partial charge in [0.25, 0.3) is 5.92 Å². The van der Waals surface area contributed by atoms with Crippen molar-refractivity contribution in [1.29, 1.82) is 0 Å². The predicted molar refractivity (Wildman–Crippen MR) is 77.4 cm³/mol. The Kier molecular flexibility index (Phi) is 3.43. The zero-order valence-corrected chi connectivity index (χ0v) is 12.0. The number of halogens is 2. The number of nitrogens with zero attached hydrogens (tertiary/aromatic N) is 2. The molecule has 3 rings (SSSR count). The molecule has 3 nitrogen and oxygen atoms in total. The molecule has 5 heteroatoms. The van der Waals surface area contributed by atoms with Crippen LogP contribution in [0.3, 0.4) is 0 Å². The molecule has 1 aliphatic rings. The summed E-state index contributed by atoms with van der Waals surface area (Å²) in [7, 11) is 1.94. The fraction of sp³-hybridized carbons (Fsp3) is 0.438. The van der Waals surface area contributed by atoms with Crippen molar-refractivity contribution in [1.82, 2.24) is 9.47 Å². The molecule has 2 aromatic rings. The first-order valence-corrected chi connectivity index (χ1v) is 7.15. The normalized spacial score (nSPS) is 18.1. The van der Waals surface area contributed by atoms with Crippen LogP contribution in [0.2, 0.25) is 0 Å². The molecule has 1 aromatic carbocycles. The van der Waals surface area contributed by atoms with Gasteiger partial charge in [0.05, 0.1) is 6.42 Å². The minimum Gasteiger partial charge on any atom is -0.350 e. The van der Waals surface area contributed by atoms with Crippen LogP contribution >= 0.6 is 0 Å². The highest BCUT2D eigenvalue weighted by Gasteiger charge is 2.35. The molecule has 1 aliphatic heterocycles. The van der Waals surface area contributed by atoms with Crippen molar-refractivity contribution in [2.45, 2.75) is 25.2 Å². The molecule has 0 N–H and O–H groups in total. The molecule has 21 heavy (non-hydrogen) atoms. The van der Waals surface area contributed by atoms with Gasteiger partial charge in [0.1, 0.15) is 0 Å². The second-order valence-electron chi connectivity index (χ2n) is 5.70. The Hall–Kier alpha value is -1.91. The van der Waals surface area contributed by atoms with Gasteiger partial charge in [-0.3, -0.25) is 4.79 Å². The van der Waals surface area contributed by atoms with Gasteiger partial charge in [0, 0.05) is 50.1 Å². The van der Waals surface area contributed by atoms with E-state index in [1.165, 1.54) is 0 Å². The Balaban J connectivity index is 1.75. The highest BCUT2D eigenvalue weighted by Crippen LogP contribution is 2.28. The van der Waals surface area contributed by atoms with Crippen LogP contribution in [0.15, 0.2) is 30.5 Å². The fourth-order valence-corrected chi connectivity index (χ4v) is 2.92. The number of hydrogen-bond acceptors (Lipinski definition) is 1. The summed E-state index contributed by atoms with van der Waals surface area (Å²) in [5.74, 6) is -2.68. The van der Waals surface area contributed by atoms with E-state index in [9.17, 15) is 13.6 Å². The number of benzene rings is 1. The number of amides is 1. The molecule has 1 amide bonds. The highest BCUT2D eigenvalue weighted by molar-refractivity contribution is 5.89. The summed E-state index contributed by atoms with van der Waals surface area (Å²) in [6.07, 6.45) is 1.76. The van der Waals surface area contributed by atoms with E-state index in [1.54, 1.807) is 4.90 Å². The van der Waals surface area contributed by atoms with Gasteiger partial charge in [0.2, 0.25) is 5.91 Å². The van der Waals surface area contributed by atoms with E-state index in [-0.39, 0.29) is 38.3 Å². The van der Waals surface area contributed by atoms with Crippen molar-refractivity contribution < 1.29 is 13.6 Å². The molecule has 112 valence electrons. The summed E-state index contributed by atoms with van der Waals surface area (Å²) in [5.41, 5.74) is 2.03. The first-order valence-electron chi connectivity index (χ1n) is 7.15. The lowest BCUT2D eigenvalue weighted by Gasteiger charge is -2.31. The van der Waals surface area contributed by atoms with Crippen LogP contribution in [0.1, 0.15) is 18.4 Å². The van der Waals surface area contributed by atoms with E-state index in [0.29, 0.717) is 0 Å². The standard InChI is InChI=1S/C16H18F2N2O/c1-19-11-12(13-4-2-3-5-14(13)19)10-15(21)20-8-6-16(17,18)7-9-20/h2-5,11H,6-10H2,1H3. The third-order valence-electron chi connectivity index (χ3n) is 4.17. The molecular formula is C16H18F2N2O. The number of aryl methyl sites for hydroxylation is 1. The lowest BCUT2D eigenvalue weighted by atomic mass is 10.0. The van der Waals surface area contributed by atoms with Crippen molar-refractivity contribution in [2.75, 3.05) is 13.1 Å². The first-order chi connectivity index (χ1) is 9.96. The SMILES string of the molecule is Cn1cc(CC(=O)N2CCC(F)(F)CC2)c2ccccc21. The number of para-hydroxylation sites is 1. The van der Waals surface area contributed by atoms with Crippen molar-refractivity contribution in [3.63, 3.8) is 0 Å². The van der Waals surface area contributed by atoms with E-state index in [1.807, 2.05) is 42.1 Å². The highest BCUT2D eigenvalue weighted by atomic mass is 19.3. The van der Waals surface area contributed by atoms with Crippen LogP contribution in [-0.4, -0.2) is 34.4 Å². The third kappa shape index (κ3) is 2.77. The Bertz CT molecular complexity index is 668.